The van der Waals surface area contributed by atoms with Gasteiger partial charge in [0.25, 0.3) is 0 Å². The number of benzene rings is 2. The highest BCUT2D eigenvalue weighted by Crippen LogP contribution is 2.31. The summed E-state index contributed by atoms with van der Waals surface area (Å²) < 4.78 is 16.4. The summed E-state index contributed by atoms with van der Waals surface area (Å²) in [4.78, 5) is 6.97. The summed E-state index contributed by atoms with van der Waals surface area (Å²) in [5, 5.41) is 6.93. The topological polar surface area (TPSA) is 67.4 Å². The first-order valence-electron chi connectivity index (χ1n) is 11.2. The average molecular weight is 569 g/mol. The summed E-state index contributed by atoms with van der Waals surface area (Å²) in [6, 6.07) is 14.4. The molecule has 0 aromatic heterocycles. The summed E-state index contributed by atoms with van der Waals surface area (Å²) in [5.74, 6) is 3.13. The molecule has 2 N–H and O–H groups in total. The Kier molecular flexibility index (Phi) is 11.6. The molecule has 1 aliphatic heterocycles. The molecule has 1 fully saturated rings. The molecule has 1 atom stereocenters. The van der Waals surface area contributed by atoms with E-state index in [0.717, 1.165) is 48.4 Å². The van der Waals surface area contributed by atoms with Crippen molar-refractivity contribution in [2.75, 3.05) is 48.0 Å². The smallest absolute Gasteiger partial charge is 0.191 e. The van der Waals surface area contributed by atoms with E-state index in [1.54, 1.807) is 28.4 Å². The van der Waals surface area contributed by atoms with Crippen LogP contribution in [-0.2, 0) is 6.54 Å². The van der Waals surface area contributed by atoms with Crippen LogP contribution < -0.4 is 24.8 Å². The van der Waals surface area contributed by atoms with Gasteiger partial charge in [-0.2, -0.15) is 0 Å². The number of aliphatic imine (C=N–C) groups is 1. The molecule has 2 aromatic carbocycles. The van der Waals surface area contributed by atoms with Gasteiger partial charge in [0.05, 0.1) is 27.4 Å². The first-order valence-corrected chi connectivity index (χ1v) is 11.2. The van der Waals surface area contributed by atoms with E-state index in [2.05, 4.69) is 32.7 Å². The van der Waals surface area contributed by atoms with Crippen molar-refractivity contribution in [1.82, 2.24) is 15.5 Å². The van der Waals surface area contributed by atoms with Gasteiger partial charge in [-0.15, -0.1) is 24.0 Å². The summed E-state index contributed by atoms with van der Waals surface area (Å²) in [6.45, 7) is 3.57. The molecule has 2 aromatic rings. The van der Waals surface area contributed by atoms with Crippen LogP contribution in [0.25, 0.3) is 0 Å². The van der Waals surface area contributed by atoms with E-state index >= 15 is 0 Å². The fourth-order valence-corrected chi connectivity index (χ4v) is 4.20. The fourth-order valence-electron chi connectivity index (χ4n) is 4.20. The third-order valence-corrected chi connectivity index (χ3v) is 5.92. The number of likely N-dealkylation sites (tertiary alicyclic amines) is 1. The average Bonchev–Trinajstić information content (AvgIpc) is 2.86. The normalized spacial score (nSPS) is 15.2. The molecule has 1 unspecified atom stereocenters. The number of guanidine groups is 1. The van der Waals surface area contributed by atoms with Crippen molar-refractivity contribution in [3.05, 3.63) is 53.6 Å². The van der Waals surface area contributed by atoms with Crippen LogP contribution in [-0.4, -0.2) is 58.9 Å². The molecule has 182 valence electrons. The van der Waals surface area contributed by atoms with Crippen LogP contribution in [0.2, 0.25) is 0 Å². The van der Waals surface area contributed by atoms with Crippen LogP contribution in [0.15, 0.2) is 47.5 Å². The molecule has 1 saturated heterocycles. The zero-order chi connectivity index (χ0) is 22.8. The SMILES string of the molecule is CN=C(NCc1ccc(OC)c(OC)c1)NCC(c1ccccc1OC)N1CCCCC1.I. The molecule has 7 nitrogen and oxygen atoms in total. The van der Waals surface area contributed by atoms with E-state index in [-0.39, 0.29) is 30.0 Å². The monoisotopic (exact) mass is 568 g/mol. The number of rotatable bonds is 9. The molecule has 1 aliphatic rings. The molecule has 1 heterocycles. The van der Waals surface area contributed by atoms with Crippen LogP contribution in [0.1, 0.15) is 36.4 Å². The number of hydrogen-bond acceptors (Lipinski definition) is 5. The summed E-state index contributed by atoms with van der Waals surface area (Å²) in [5.41, 5.74) is 2.29. The van der Waals surface area contributed by atoms with Crippen LogP contribution in [0.3, 0.4) is 0 Å². The summed E-state index contributed by atoms with van der Waals surface area (Å²) in [7, 11) is 6.82. The van der Waals surface area contributed by atoms with Crippen LogP contribution in [0, 0.1) is 0 Å². The van der Waals surface area contributed by atoms with Gasteiger partial charge >= 0.3 is 0 Å². The first kappa shape index (κ1) is 27.0. The second-order valence-corrected chi connectivity index (χ2v) is 7.85. The Morgan fingerprint density at radius 2 is 1.61 bits per heavy atom. The molecule has 0 saturated carbocycles. The second-order valence-electron chi connectivity index (χ2n) is 7.85. The molecule has 33 heavy (non-hydrogen) atoms. The van der Waals surface area contributed by atoms with E-state index in [0.29, 0.717) is 6.54 Å². The lowest BCUT2D eigenvalue weighted by Gasteiger charge is -2.35. The highest BCUT2D eigenvalue weighted by atomic mass is 127. The van der Waals surface area contributed by atoms with Crippen molar-refractivity contribution in [3.8, 4) is 17.2 Å². The molecule has 0 aliphatic carbocycles. The Morgan fingerprint density at radius 3 is 2.27 bits per heavy atom. The number of ether oxygens (including phenoxy) is 3. The minimum absolute atomic E-state index is 0. The summed E-state index contributed by atoms with van der Waals surface area (Å²) >= 11 is 0. The lowest BCUT2D eigenvalue weighted by atomic mass is 10.0. The summed E-state index contributed by atoms with van der Waals surface area (Å²) in [6.07, 6.45) is 3.77. The van der Waals surface area contributed by atoms with Gasteiger partial charge in [-0.3, -0.25) is 9.89 Å². The third kappa shape index (κ3) is 7.40. The second kappa shape index (κ2) is 14.1. The number of hydrogen-bond donors (Lipinski definition) is 2. The minimum Gasteiger partial charge on any atom is -0.496 e. The lowest BCUT2D eigenvalue weighted by Crippen LogP contribution is -2.44. The van der Waals surface area contributed by atoms with Crippen molar-refractivity contribution in [3.63, 3.8) is 0 Å². The number of piperidine rings is 1. The predicted molar refractivity (Wildman–Crippen MR) is 144 cm³/mol. The molecule has 0 radical (unpaired) electrons. The van der Waals surface area contributed by atoms with Gasteiger partial charge in [-0.25, -0.2) is 0 Å². The predicted octanol–water partition coefficient (Wildman–Crippen LogP) is 4.22. The van der Waals surface area contributed by atoms with Gasteiger partial charge in [-0.05, 0) is 49.7 Å². The highest BCUT2D eigenvalue weighted by molar-refractivity contribution is 14.0. The quantitative estimate of drug-likeness (QED) is 0.268. The van der Waals surface area contributed by atoms with Gasteiger partial charge < -0.3 is 24.8 Å². The maximum atomic E-state index is 5.67. The Morgan fingerprint density at radius 1 is 0.909 bits per heavy atom. The number of nitrogens with zero attached hydrogens (tertiary/aromatic N) is 2. The Hall–Kier alpha value is -2.20. The van der Waals surface area contributed by atoms with Crippen molar-refractivity contribution >= 4 is 29.9 Å². The minimum atomic E-state index is 0. The van der Waals surface area contributed by atoms with Crippen LogP contribution >= 0.6 is 24.0 Å². The van der Waals surface area contributed by atoms with Gasteiger partial charge in [0.15, 0.2) is 17.5 Å². The van der Waals surface area contributed by atoms with Crippen molar-refractivity contribution in [2.45, 2.75) is 31.8 Å². The zero-order valence-corrected chi connectivity index (χ0v) is 22.4. The number of nitrogens with one attached hydrogen (secondary N) is 2. The Bertz CT molecular complexity index is 888. The Labute approximate surface area is 214 Å². The molecule has 0 bridgehead atoms. The fraction of sp³-hybridized carbons (Fsp3) is 0.480. The van der Waals surface area contributed by atoms with E-state index in [4.69, 9.17) is 14.2 Å². The van der Waals surface area contributed by atoms with Gasteiger partial charge in [-0.1, -0.05) is 30.7 Å². The molecule has 3 rings (SSSR count). The van der Waals surface area contributed by atoms with Crippen molar-refractivity contribution in [2.24, 2.45) is 4.99 Å². The number of halogens is 1. The third-order valence-electron chi connectivity index (χ3n) is 5.92. The maximum Gasteiger partial charge on any atom is 0.191 e. The van der Waals surface area contributed by atoms with Crippen LogP contribution in [0.4, 0.5) is 0 Å². The first-order chi connectivity index (χ1) is 15.7. The van der Waals surface area contributed by atoms with E-state index in [9.17, 15) is 0 Å². The van der Waals surface area contributed by atoms with Crippen LogP contribution in [0.5, 0.6) is 17.2 Å². The zero-order valence-electron chi connectivity index (χ0n) is 20.1. The van der Waals surface area contributed by atoms with E-state index in [1.165, 1.54) is 24.8 Å². The van der Waals surface area contributed by atoms with Crippen molar-refractivity contribution < 1.29 is 14.2 Å². The van der Waals surface area contributed by atoms with Gasteiger partial charge in [0.1, 0.15) is 5.75 Å². The van der Waals surface area contributed by atoms with Crippen molar-refractivity contribution in [1.29, 1.82) is 0 Å². The van der Waals surface area contributed by atoms with E-state index < -0.39 is 0 Å². The maximum absolute atomic E-state index is 5.67. The largest absolute Gasteiger partial charge is 0.496 e. The molecule has 0 spiro atoms. The molecular weight excluding hydrogens is 531 g/mol. The molecule has 8 heteroatoms. The lowest BCUT2D eigenvalue weighted by molar-refractivity contribution is 0.161. The van der Waals surface area contributed by atoms with Gasteiger partial charge in [0, 0.05) is 25.7 Å². The highest BCUT2D eigenvalue weighted by Gasteiger charge is 2.25. The van der Waals surface area contributed by atoms with E-state index in [1.807, 2.05) is 30.3 Å². The standard InChI is InChI=1S/C25H36N4O3.HI/c1-26-25(27-17-19-12-13-23(31-3)24(16-19)32-4)28-18-21(29-14-8-5-9-15-29)20-10-6-7-11-22(20)30-2;/h6-7,10-13,16,21H,5,8-9,14-15,17-18H2,1-4H3,(H2,26,27,28);1H. The number of methoxy groups -OCH3 is 3. The Balaban J connectivity index is 0.00000385. The molecule has 0 amide bonds. The van der Waals surface area contributed by atoms with Gasteiger partial charge in [0.2, 0.25) is 0 Å². The number of para-hydroxylation sites is 1. The molecular formula is C25H37IN4O3.